The van der Waals surface area contributed by atoms with Crippen LogP contribution < -0.4 is 15.5 Å². The van der Waals surface area contributed by atoms with Crippen molar-refractivity contribution in [3.05, 3.63) is 11.1 Å². The molecule has 7 nitrogen and oxygen atoms in total. The molecule has 1 saturated heterocycles. The van der Waals surface area contributed by atoms with E-state index in [1.54, 1.807) is 18.4 Å². The molecular formula is C15H27N5O2S. The minimum atomic E-state index is 0.281. The lowest BCUT2D eigenvalue weighted by Crippen LogP contribution is -2.38. The molecule has 1 unspecified atom stereocenters. The number of hydrogen-bond acceptors (Lipinski definition) is 6. The van der Waals surface area contributed by atoms with Gasteiger partial charge >= 0.3 is 0 Å². The second-order valence-electron chi connectivity index (χ2n) is 5.58. The number of rotatable bonds is 8. The first-order valence-electron chi connectivity index (χ1n) is 7.94. The largest absolute Gasteiger partial charge is 0.377 e. The zero-order valence-corrected chi connectivity index (χ0v) is 15.0. The first-order chi connectivity index (χ1) is 11.2. The first kappa shape index (κ1) is 18.0. The number of aliphatic imine (C=N–C) groups is 1. The van der Waals surface area contributed by atoms with Crippen LogP contribution in [0, 0.1) is 0 Å². The van der Waals surface area contributed by atoms with Gasteiger partial charge in [-0.2, -0.15) is 0 Å². The number of aromatic nitrogens is 1. The molecule has 8 heteroatoms. The number of guanidine groups is 1. The van der Waals surface area contributed by atoms with Gasteiger partial charge in [0, 0.05) is 39.7 Å². The molecule has 0 spiro atoms. The fourth-order valence-corrected chi connectivity index (χ4v) is 2.97. The summed E-state index contributed by atoms with van der Waals surface area (Å²) in [5.41, 5.74) is 1.01. The van der Waals surface area contributed by atoms with Crippen molar-refractivity contribution < 1.29 is 9.47 Å². The minimum Gasteiger partial charge on any atom is -0.377 e. The summed E-state index contributed by atoms with van der Waals surface area (Å²) < 4.78 is 11.1. The van der Waals surface area contributed by atoms with E-state index >= 15 is 0 Å². The normalized spacial score (nSPS) is 18.2. The van der Waals surface area contributed by atoms with Gasteiger partial charge in [-0.3, -0.25) is 4.99 Å². The molecule has 23 heavy (non-hydrogen) atoms. The van der Waals surface area contributed by atoms with E-state index in [9.17, 15) is 0 Å². The molecule has 1 aromatic heterocycles. The molecular weight excluding hydrogens is 314 g/mol. The van der Waals surface area contributed by atoms with Gasteiger partial charge in [-0.05, 0) is 12.8 Å². The Bertz CT molecular complexity index is 486. The summed E-state index contributed by atoms with van der Waals surface area (Å²) in [5.74, 6) is 0.755. The summed E-state index contributed by atoms with van der Waals surface area (Å²) in [6, 6.07) is 0. The van der Waals surface area contributed by atoms with Gasteiger partial charge in [0.2, 0.25) is 0 Å². The molecule has 0 radical (unpaired) electrons. The Morgan fingerprint density at radius 1 is 1.52 bits per heavy atom. The van der Waals surface area contributed by atoms with Gasteiger partial charge in [-0.25, -0.2) is 4.98 Å². The van der Waals surface area contributed by atoms with Crippen molar-refractivity contribution in [2.45, 2.75) is 25.5 Å². The van der Waals surface area contributed by atoms with Crippen LogP contribution in [0.5, 0.6) is 0 Å². The van der Waals surface area contributed by atoms with E-state index in [1.807, 2.05) is 19.0 Å². The second-order valence-corrected chi connectivity index (χ2v) is 6.41. The number of nitrogens with zero attached hydrogens (tertiary/aromatic N) is 3. The summed E-state index contributed by atoms with van der Waals surface area (Å²) in [7, 11) is 5.75. The molecule has 130 valence electrons. The Kier molecular flexibility index (Phi) is 7.57. The van der Waals surface area contributed by atoms with Gasteiger partial charge in [-0.1, -0.05) is 0 Å². The summed E-state index contributed by atoms with van der Waals surface area (Å²) in [6.07, 6.45) is 2.54. The predicted molar refractivity (Wildman–Crippen MR) is 94.4 cm³/mol. The van der Waals surface area contributed by atoms with Crippen molar-refractivity contribution in [1.29, 1.82) is 0 Å². The number of hydrogen-bond donors (Lipinski definition) is 2. The number of thiazole rings is 1. The lowest BCUT2D eigenvalue weighted by atomic mass is 10.2. The van der Waals surface area contributed by atoms with Crippen LogP contribution in [0.2, 0.25) is 0 Å². The van der Waals surface area contributed by atoms with E-state index in [-0.39, 0.29) is 6.10 Å². The molecule has 1 aliphatic heterocycles. The van der Waals surface area contributed by atoms with Crippen LogP contribution in [0.15, 0.2) is 10.4 Å². The van der Waals surface area contributed by atoms with Crippen molar-refractivity contribution in [2.24, 2.45) is 4.99 Å². The van der Waals surface area contributed by atoms with Gasteiger partial charge in [0.15, 0.2) is 11.1 Å². The monoisotopic (exact) mass is 341 g/mol. The highest BCUT2D eigenvalue weighted by atomic mass is 32.1. The number of nitrogens with one attached hydrogen (secondary N) is 2. The Labute approximate surface area is 142 Å². The first-order valence-corrected chi connectivity index (χ1v) is 8.82. The SMILES string of the molecule is CN=C(NCCOCC1CCCO1)NCc1csc(N(C)C)n1. The van der Waals surface area contributed by atoms with Crippen LogP contribution in [0.4, 0.5) is 5.13 Å². The van der Waals surface area contributed by atoms with Gasteiger partial charge in [0.1, 0.15) is 0 Å². The van der Waals surface area contributed by atoms with Gasteiger partial charge < -0.3 is 25.0 Å². The Morgan fingerprint density at radius 2 is 2.39 bits per heavy atom. The standard InChI is InChI=1S/C15H27N5O2S/c1-16-14(17-6-8-21-10-13-5-4-7-22-13)18-9-12-11-23-15(19-12)20(2)3/h11,13H,4-10H2,1-3H3,(H2,16,17,18). The fourth-order valence-electron chi connectivity index (χ4n) is 2.21. The highest BCUT2D eigenvalue weighted by Gasteiger charge is 2.14. The van der Waals surface area contributed by atoms with Crippen LogP contribution in [0.1, 0.15) is 18.5 Å². The van der Waals surface area contributed by atoms with Crippen LogP contribution in [0.25, 0.3) is 0 Å². The van der Waals surface area contributed by atoms with Crippen molar-refractivity contribution in [1.82, 2.24) is 15.6 Å². The maximum atomic E-state index is 5.62. The molecule has 1 aliphatic rings. The highest BCUT2D eigenvalue weighted by Crippen LogP contribution is 2.17. The maximum absolute atomic E-state index is 5.62. The van der Waals surface area contributed by atoms with E-state index in [0.29, 0.717) is 26.3 Å². The molecule has 2 rings (SSSR count). The maximum Gasteiger partial charge on any atom is 0.191 e. The van der Waals surface area contributed by atoms with Crippen LogP contribution >= 0.6 is 11.3 Å². The molecule has 1 aromatic rings. The molecule has 1 atom stereocenters. The molecule has 0 amide bonds. The number of anilines is 1. The zero-order valence-electron chi connectivity index (χ0n) is 14.2. The van der Waals surface area contributed by atoms with Gasteiger partial charge in [0.25, 0.3) is 0 Å². The van der Waals surface area contributed by atoms with Crippen molar-refractivity contribution >= 4 is 22.4 Å². The van der Waals surface area contributed by atoms with E-state index in [2.05, 4.69) is 26.0 Å². The minimum absolute atomic E-state index is 0.281. The topological polar surface area (TPSA) is 71.0 Å². The molecule has 0 bridgehead atoms. The quantitative estimate of drug-likeness (QED) is 0.419. The molecule has 0 aliphatic carbocycles. The average Bonchev–Trinajstić information content (AvgIpc) is 3.21. The van der Waals surface area contributed by atoms with Gasteiger partial charge in [0.05, 0.1) is 31.6 Å². The second kappa shape index (κ2) is 9.69. The van der Waals surface area contributed by atoms with Crippen LogP contribution in [-0.2, 0) is 16.0 Å². The Morgan fingerprint density at radius 3 is 3.04 bits per heavy atom. The molecule has 0 aromatic carbocycles. The van der Waals surface area contributed by atoms with Crippen LogP contribution in [0.3, 0.4) is 0 Å². The zero-order chi connectivity index (χ0) is 16.5. The summed E-state index contributed by atoms with van der Waals surface area (Å²) in [6.45, 7) is 3.56. The summed E-state index contributed by atoms with van der Waals surface area (Å²) in [4.78, 5) is 10.7. The van der Waals surface area contributed by atoms with Crippen molar-refractivity contribution in [3.8, 4) is 0 Å². The lowest BCUT2D eigenvalue weighted by molar-refractivity contribution is 0.0191. The summed E-state index contributed by atoms with van der Waals surface area (Å²) in [5, 5.41) is 9.55. The van der Waals surface area contributed by atoms with Crippen molar-refractivity contribution in [2.75, 3.05) is 52.4 Å². The lowest BCUT2D eigenvalue weighted by Gasteiger charge is -2.13. The Hall–Kier alpha value is -1.38. The van der Waals surface area contributed by atoms with Crippen molar-refractivity contribution in [3.63, 3.8) is 0 Å². The molecule has 1 fully saturated rings. The molecule has 2 heterocycles. The number of ether oxygens (including phenoxy) is 2. The molecule has 2 N–H and O–H groups in total. The average molecular weight is 341 g/mol. The molecule has 0 saturated carbocycles. The van der Waals surface area contributed by atoms with Crippen LogP contribution in [-0.4, -0.2) is 64.6 Å². The van der Waals surface area contributed by atoms with Gasteiger partial charge in [-0.15, -0.1) is 11.3 Å². The van der Waals surface area contributed by atoms with E-state index < -0.39 is 0 Å². The highest BCUT2D eigenvalue weighted by molar-refractivity contribution is 7.13. The smallest absolute Gasteiger partial charge is 0.191 e. The third kappa shape index (κ3) is 6.32. The van der Waals surface area contributed by atoms with E-state index in [4.69, 9.17) is 9.47 Å². The Balaban J connectivity index is 1.59. The third-order valence-electron chi connectivity index (χ3n) is 3.45. The summed E-state index contributed by atoms with van der Waals surface area (Å²) >= 11 is 1.64. The predicted octanol–water partition coefficient (Wildman–Crippen LogP) is 1.07. The van der Waals surface area contributed by atoms with E-state index in [0.717, 1.165) is 36.2 Å². The fraction of sp³-hybridized carbons (Fsp3) is 0.733. The third-order valence-corrected chi connectivity index (χ3v) is 4.51. The van der Waals surface area contributed by atoms with E-state index in [1.165, 1.54) is 0 Å².